The van der Waals surface area contributed by atoms with E-state index >= 15 is 0 Å². The van der Waals surface area contributed by atoms with Crippen molar-refractivity contribution in [2.45, 2.75) is 0 Å². The molecule has 0 atom stereocenters. The van der Waals surface area contributed by atoms with E-state index in [1.807, 2.05) is 18.2 Å². The fourth-order valence-electron chi connectivity index (χ4n) is 5.33. The van der Waals surface area contributed by atoms with Crippen LogP contribution in [0.1, 0.15) is 0 Å². The molecular formula is C34H23NO. The minimum Gasteiger partial charge on any atom is -0.506 e. The molecule has 0 bridgehead atoms. The maximum atomic E-state index is 11.0. The lowest BCUT2D eigenvalue weighted by molar-refractivity contribution is 0.476. The highest BCUT2D eigenvalue weighted by molar-refractivity contribution is 6.11. The highest BCUT2D eigenvalue weighted by Crippen LogP contribution is 2.45. The fourth-order valence-corrected chi connectivity index (χ4v) is 5.33. The lowest BCUT2D eigenvalue weighted by atomic mass is 9.99. The highest BCUT2D eigenvalue weighted by Gasteiger charge is 2.20. The zero-order valence-corrected chi connectivity index (χ0v) is 19.6. The van der Waals surface area contributed by atoms with Gasteiger partial charge in [0.1, 0.15) is 5.75 Å². The van der Waals surface area contributed by atoms with Crippen molar-refractivity contribution in [3.8, 4) is 5.75 Å². The summed E-state index contributed by atoms with van der Waals surface area (Å²) in [6.45, 7) is 0. The van der Waals surface area contributed by atoms with Crippen LogP contribution in [-0.4, -0.2) is 5.11 Å². The topological polar surface area (TPSA) is 23.5 Å². The molecule has 7 aromatic rings. The highest BCUT2D eigenvalue weighted by atomic mass is 16.3. The van der Waals surface area contributed by atoms with Crippen molar-refractivity contribution in [1.29, 1.82) is 0 Å². The molecule has 0 amide bonds. The molecule has 36 heavy (non-hydrogen) atoms. The maximum absolute atomic E-state index is 11.0. The van der Waals surface area contributed by atoms with Crippen molar-refractivity contribution in [3.05, 3.63) is 133 Å². The summed E-state index contributed by atoms with van der Waals surface area (Å²) < 4.78 is 0. The summed E-state index contributed by atoms with van der Waals surface area (Å²) in [5.74, 6) is 0.244. The van der Waals surface area contributed by atoms with Crippen LogP contribution in [0.3, 0.4) is 0 Å². The number of para-hydroxylation sites is 2. The van der Waals surface area contributed by atoms with Crippen LogP contribution in [0.2, 0.25) is 0 Å². The zero-order chi connectivity index (χ0) is 24.1. The molecule has 1 N–H and O–H groups in total. The van der Waals surface area contributed by atoms with Crippen LogP contribution in [0.5, 0.6) is 5.75 Å². The normalized spacial score (nSPS) is 11.4. The van der Waals surface area contributed by atoms with E-state index in [1.165, 1.54) is 21.5 Å². The van der Waals surface area contributed by atoms with Crippen LogP contribution in [-0.2, 0) is 0 Å². The fraction of sp³-hybridized carbons (Fsp3) is 0. The summed E-state index contributed by atoms with van der Waals surface area (Å²) >= 11 is 0. The molecular weight excluding hydrogens is 438 g/mol. The Morgan fingerprint density at radius 1 is 0.361 bits per heavy atom. The number of aromatic hydroxyl groups is 1. The number of rotatable bonds is 3. The lowest BCUT2D eigenvalue weighted by Gasteiger charge is -2.29. The van der Waals surface area contributed by atoms with E-state index in [1.54, 1.807) is 6.07 Å². The number of benzene rings is 7. The molecule has 7 rings (SSSR count). The van der Waals surface area contributed by atoms with Gasteiger partial charge in [0.15, 0.2) is 0 Å². The number of phenolic OH excluding ortho intramolecular Hbond substituents is 1. The van der Waals surface area contributed by atoms with Gasteiger partial charge < -0.3 is 10.0 Å². The molecule has 0 saturated carbocycles. The summed E-state index contributed by atoms with van der Waals surface area (Å²) in [7, 11) is 0. The zero-order valence-electron chi connectivity index (χ0n) is 19.6. The Hall–Kier alpha value is -4.82. The predicted octanol–water partition coefficient (Wildman–Crippen LogP) is 9.47. The van der Waals surface area contributed by atoms with Crippen molar-refractivity contribution in [2.24, 2.45) is 0 Å². The van der Waals surface area contributed by atoms with Crippen LogP contribution in [0.25, 0.3) is 43.1 Å². The molecule has 0 fully saturated rings. The van der Waals surface area contributed by atoms with Gasteiger partial charge >= 0.3 is 0 Å². The molecule has 0 aliphatic rings. The average molecular weight is 462 g/mol. The quantitative estimate of drug-likeness (QED) is 0.265. The third-order valence-electron chi connectivity index (χ3n) is 7.05. The van der Waals surface area contributed by atoms with Crippen molar-refractivity contribution in [1.82, 2.24) is 0 Å². The molecule has 0 aromatic heterocycles. The molecule has 0 spiro atoms. The Kier molecular flexibility index (Phi) is 4.65. The SMILES string of the molecule is Oc1ccccc1N(c1cccc2cc3ccccc3cc12)c1cccc2cc3ccccc3cc12. The van der Waals surface area contributed by atoms with E-state index in [4.69, 9.17) is 0 Å². The number of phenols is 1. The summed E-state index contributed by atoms with van der Waals surface area (Å²) in [6, 6.07) is 46.3. The second kappa shape index (κ2) is 8.14. The first kappa shape index (κ1) is 20.5. The molecule has 2 nitrogen and oxygen atoms in total. The summed E-state index contributed by atoms with van der Waals surface area (Å²) in [5.41, 5.74) is 2.81. The summed E-state index contributed by atoms with van der Waals surface area (Å²) in [4.78, 5) is 2.20. The van der Waals surface area contributed by atoms with Crippen LogP contribution in [0, 0.1) is 0 Å². The molecule has 7 aromatic carbocycles. The third-order valence-corrected chi connectivity index (χ3v) is 7.05. The van der Waals surface area contributed by atoms with E-state index in [0.717, 1.165) is 38.6 Å². The largest absolute Gasteiger partial charge is 0.506 e. The van der Waals surface area contributed by atoms with Crippen LogP contribution < -0.4 is 4.90 Å². The van der Waals surface area contributed by atoms with Gasteiger partial charge in [-0.05, 0) is 80.8 Å². The van der Waals surface area contributed by atoms with E-state index in [9.17, 15) is 5.11 Å². The summed E-state index contributed by atoms with van der Waals surface area (Å²) in [6.07, 6.45) is 0. The van der Waals surface area contributed by atoms with Gasteiger partial charge in [-0.3, -0.25) is 0 Å². The van der Waals surface area contributed by atoms with Gasteiger partial charge in [0, 0.05) is 10.8 Å². The Morgan fingerprint density at radius 3 is 1.25 bits per heavy atom. The number of hydrogen-bond acceptors (Lipinski definition) is 2. The number of fused-ring (bicyclic) bond motifs is 4. The smallest absolute Gasteiger partial charge is 0.139 e. The second-order valence-corrected chi connectivity index (χ2v) is 9.22. The molecule has 0 aliphatic heterocycles. The van der Waals surface area contributed by atoms with Crippen molar-refractivity contribution in [3.63, 3.8) is 0 Å². The number of nitrogens with zero attached hydrogens (tertiary/aromatic N) is 1. The molecule has 0 saturated heterocycles. The minimum atomic E-state index is 0.244. The first-order valence-electron chi connectivity index (χ1n) is 12.2. The number of hydrogen-bond donors (Lipinski definition) is 1. The Balaban J connectivity index is 1.58. The first-order valence-corrected chi connectivity index (χ1v) is 12.2. The minimum absolute atomic E-state index is 0.244. The maximum Gasteiger partial charge on any atom is 0.139 e. The molecule has 0 unspecified atom stereocenters. The van der Waals surface area contributed by atoms with Gasteiger partial charge in [0.25, 0.3) is 0 Å². The first-order chi connectivity index (χ1) is 17.8. The second-order valence-electron chi connectivity index (χ2n) is 9.22. The van der Waals surface area contributed by atoms with Gasteiger partial charge in [-0.1, -0.05) is 84.9 Å². The standard InChI is InChI=1S/C34H23NO/c36-34-18-6-5-15-33(34)35(31-16-7-13-27-19-23-9-1-3-11-25(23)21-29(27)31)32-17-8-14-28-20-24-10-2-4-12-26(24)22-30(28)32/h1-22,36H. The van der Waals surface area contributed by atoms with E-state index in [2.05, 4.69) is 114 Å². The van der Waals surface area contributed by atoms with Crippen molar-refractivity contribution >= 4 is 60.2 Å². The Morgan fingerprint density at radius 2 is 0.750 bits per heavy atom. The average Bonchev–Trinajstić information content (AvgIpc) is 2.92. The van der Waals surface area contributed by atoms with Gasteiger partial charge in [0.2, 0.25) is 0 Å². The molecule has 0 aliphatic carbocycles. The number of anilines is 3. The van der Waals surface area contributed by atoms with Crippen LogP contribution in [0.15, 0.2) is 133 Å². The molecule has 0 heterocycles. The van der Waals surface area contributed by atoms with Crippen LogP contribution in [0.4, 0.5) is 17.1 Å². The molecule has 2 heteroatoms. The van der Waals surface area contributed by atoms with Gasteiger partial charge in [-0.25, -0.2) is 0 Å². The monoisotopic (exact) mass is 461 g/mol. The Labute approximate surface area is 209 Å². The van der Waals surface area contributed by atoms with E-state index in [-0.39, 0.29) is 5.75 Å². The van der Waals surface area contributed by atoms with Gasteiger partial charge in [-0.2, -0.15) is 0 Å². The van der Waals surface area contributed by atoms with E-state index in [0.29, 0.717) is 0 Å². The molecule has 0 radical (unpaired) electrons. The predicted molar refractivity (Wildman–Crippen MR) is 153 cm³/mol. The molecule has 170 valence electrons. The lowest BCUT2D eigenvalue weighted by Crippen LogP contribution is -2.11. The Bertz CT molecular complexity index is 1800. The van der Waals surface area contributed by atoms with E-state index < -0.39 is 0 Å². The van der Waals surface area contributed by atoms with Crippen LogP contribution >= 0.6 is 0 Å². The van der Waals surface area contributed by atoms with Gasteiger partial charge in [-0.15, -0.1) is 0 Å². The summed E-state index contributed by atoms with van der Waals surface area (Å²) in [5, 5.41) is 20.5. The van der Waals surface area contributed by atoms with Crippen molar-refractivity contribution in [2.75, 3.05) is 4.90 Å². The van der Waals surface area contributed by atoms with Crippen molar-refractivity contribution < 1.29 is 5.11 Å². The van der Waals surface area contributed by atoms with Gasteiger partial charge in [0.05, 0.1) is 17.1 Å². The third kappa shape index (κ3) is 3.27.